The van der Waals surface area contributed by atoms with E-state index in [2.05, 4.69) is 52.1 Å². The highest BCUT2D eigenvalue weighted by Gasteiger charge is 2.36. The second-order valence-corrected chi connectivity index (χ2v) is 12.9. The average molecular weight is 652 g/mol. The molecule has 2 atom stereocenters. The normalized spacial score (nSPS) is 19.6. The molecule has 2 unspecified atom stereocenters. The van der Waals surface area contributed by atoms with Crippen LogP contribution in [0, 0.1) is 11.3 Å². The minimum Gasteiger partial charge on any atom is -0.462 e. The van der Waals surface area contributed by atoms with E-state index in [1.54, 1.807) is 4.90 Å². The van der Waals surface area contributed by atoms with Gasteiger partial charge in [0.25, 0.3) is 0 Å². The first kappa shape index (κ1) is 31.0. The molecule has 0 aliphatic carbocycles. The summed E-state index contributed by atoms with van der Waals surface area (Å²) in [6.07, 6.45) is 2.01. The van der Waals surface area contributed by atoms with Crippen molar-refractivity contribution in [2.75, 3.05) is 49.6 Å². The van der Waals surface area contributed by atoms with Gasteiger partial charge in [0, 0.05) is 48.9 Å². The number of aromatic nitrogens is 2. The Morgan fingerprint density at radius 1 is 0.979 bits per heavy atom. The fourth-order valence-corrected chi connectivity index (χ4v) is 7.26. The van der Waals surface area contributed by atoms with Crippen molar-refractivity contribution in [3.8, 4) is 12.1 Å². The van der Waals surface area contributed by atoms with E-state index in [9.17, 15) is 10.1 Å². The van der Waals surface area contributed by atoms with Gasteiger partial charge in [-0.3, -0.25) is 0 Å². The number of rotatable bonds is 8. The van der Waals surface area contributed by atoms with Crippen molar-refractivity contribution < 1.29 is 14.3 Å². The Bertz CT molecular complexity index is 1790. The molecule has 0 spiro atoms. The third-order valence-electron chi connectivity index (χ3n) is 9.54. The minimum atomic E-state index is -0.412. The molecule has 11 heteroatoms. The highest BCUT2D eigenvalue weighted by molar-refractivity contribution is 6.36. The number of piperazine rings is 1. The second-order valence-electron chi connectivity index (χ2n) is 12.5. The molecule has 1 aromatic heterocycles. The van der Waals surface area contributed by atoms with Crippen LogP contribution in [0.2, 0.25) is 5.02 Å². The number of carbonyl (C=O) groups is 1. The SMILES string of the molecule is CN1CCCC1COc1nc2c(c(N3CCN(C(=O)OCc4ccccc4)C(CC#N)C3)n1)CN(c1cccc3cccc(Cl)c13)C2. The van der Waals surface area contributed by atoms with Crippen molar-refractivity contribution in [3.05, 3.63) is 88.6 Å². The van der Waals surface area contributed by atoms with Gasteiger partial charge in [0.1, 0.15) is 19.0 Å². The molecule has 3 aromatic carbocycles. The lowest BCUT2D eigenvalue weighted by molar-refractivity contribution is 0.0767. The van der Waals surface area contributed by atoms with Crippen LogP contribution in [0.15, 0.2) is 66.7 Å². The number of anilines is 2. The fourth-order valence-electron chi connectivity index (χ4n) is 6.98. The van der Waals surface area contributed by atoms with Crippen LogP contribution in [0.5, 0.6) is 6.01 Å². The molecule has 7 rings (SSSR count). The van der Waals surface area contributed by atoms with Gasteiger partial charge in [-0.15, -0.1) is 0 Å². The lowest BCUT2D eigenvalue weighted by Crippen LogP contribution is -2.55. The van der Waals surface area contributed by atoms with Gasteiger partial charge >= 0.3 is 12.1 Å². The van der Waals surface area contributed by atoms with Crippen LogP contribution in [-0.2, 0) is 24.4 Å². The van der Waals surface area contributed by atoms with Crippen molar-refractivity contribution >= 4 is 40.0 Å². The molecule has 3 aliphatic rings. The summed E-state index contributed by atoms with van der Waals surface area (Å²) in [5.74, 6) is 0.791. The first-order chi connectivity index (χ1) is 23.0. The molecular weight excluding hydrogens is 614 g/mol. The van der Waals surface area contributed by atoms with Crippen LogP contribution in [0.4, 0.5) is 16.3 Å². The number of fused-ring (bicyclic) bond motifs is 2. The molecule has 4 aromatic rings. The Labute approximate surface area is 280 Å². The van der Waals surface area contributed by atoms with E-state index in [1.807, 2.05) is 42.5 Å². The van der Waals surface area contributed by atoms with Crippen molar-refractivity contribution in [1.82, 2.24) is 19.8 Å². The summed E-state index contributed by atoms with van der Waals surface area (Å²) >= 11 is 6.73. The van der Waals surface area contributed by atoms with E-state index in [0.717, 1.165) is 58.5 Å². The summed E-state index contributed by atoms with van der Waals surface area (Å²) in [4.78, 5) is 31.6. The third kappa shape index (κ3) is 6.51. The quantitative estimate of drug-likeness (QED) is 0.227. The Hall–Kier alpha value is -4.59. The second kappa shape index (κ2) is 13.6. The Balaban J connectivity index is 1.16. The van der Waals surface area contributed by atoms with Gasteiger partial charge in [0.05, 0.1) is 35.8 Å². The smallest absolute Gasteiger partial charge is 0.410 e. The molecule has 4 heterocycles. The molecule has 47 heavy (non-hydrogen) atoms. The van der Waals surface area contributed by atoms with Gasteiger partial charge in [0.15, 0.2) is 0 Å². The lowest BCUT2D eigenvalue weighted by Gasteiger charge is -2.41. The lowest BCUT2D eigenvalue weighted by atomic mass is 10.1. The number of ether oxygens (including phenoxy) is 2. The molecule has 0 N–H and O–H groups in total. The third-order valence-corrected chi connectivity index (χ3v) is 9.85. The number of likely N-dealkylation sites (N-methyl/N-ethyl adjacent to an activating group) is 1. The van der Waals surface area contributed by atoms with Crippen LogP contribution in [0.1, 0.15) is 36.1 Å². The van der Waals surface area contributed by atoms with E-state index in [4.69, 9.17) is 31.0 Å². The maximum atomic E-state index is 13.2. The van der Waals surface area contributed by atoms with Crippen LogP contribution in [0.25, 0.3) is 10.8 Å². The predicted molar refractivity (Wildman–Crippen MR) is 182 cm³/mol. The monoisotopic (exact) mass is 651 g/mol. The van der Waals surface area contributed by atoms with Crippen LogP contribution in [-0.4, -0.2) is 77.8 Å². The number of halogens is 1. The topological polar surface area (TPSA) is 98.1 Å². The molecular formula is C36H38ClN7O3. The largest absolute Gasteiger partial charge is 0.462 e. The van der Waals surface area contributed by atoms with Gasteiger partial charge in [-0.05, 0) is 49.5 Å². The Kier molecular flexibility index (Phi) is 9.01. The highest BCUT2D eigenvalue weighted by Crippen LogP contribution is 2.39. The average Bonchev–Trinajstić information content (AvgIpc) is 3.72. The first-order valence-electron chi connectivity index (χ1n) is 16.2. The molecule has 2 saturated heterocycles. The molecule has 2 fully saturated rings. The zero-order valence-corrected chi connectivity index (χ0v) is 27.3. The highest BCUT2D eigenvalue weighted by atomic mass is 35.5. The molecule has 3 aliphatic heterocycles. The predicted octanol–water partition coefficient (Wildman–Crippen LogP) is 6.02. The number of hydrogen-bond acceptors (Lipinski definition) is 9. The first-order valence-corrected chi connectivity index (χ1v) is 16.6. The summed E-state index contributed by atoms with van der Waals surface area (Å²) in [5, 5.41) is 12.5. The van der Waals surface area contributed by atoms with Gasteiger partial charge in [-0.1, -0.05) is 66.2 Å². The number of likely N-dealkylation sites (tertiary alicyclic amines) is 1. The van der Waals surface area contributed by atoms with Gasteiger partial charge in [-0.2, -0.15) is 15.2 Å². The number of carbonyl (C=O) groups excluding carboxylic acids is 1. The van der Waals surface area contributed by atoms with Crippen molar-refractivity contribution in [2.45, 2.75) is 51.0 Å². The zero-order valence-electron chi connectivity index (χ0n) is 26.5. The van der Waals surface area contributed by atoms with E-state index < -0.39 is 6.09 Å². The number of nitriles is 1. The Morgan fingerprint density at radius 2 is 1.81 bits per heavy atom. The molecule has 0 radical (unpaired) electrons. The van der Waals surface area contributed by atoms with Gasteiger partial charge in [0.2, 0.25) is 0 Å². The number of nitrogens with zero attached hydrogens (tertiary/aromatic N) is 7. The van der Waals surface area contributed by atoms with Crippen molar-refractivity contribution in [2.24, 2.45) is 0 Å². The van der Waals surface area contributed by atoms with Crippen molar-refractivity contribution in [3.63, 3.8) is 0 Å². The van der Waals surface area contributed by atoms with Crippen LogP contribution in [0.3, 0.4) is 0 Å². The summed E-state index contributed by atoms with van der Waals surface area (Å²) in [6, 6.07) is 24.4. The molecule has 1 amide bonds. The fraction of sp³-hybridized carbons (Fsp3) is 0.389. The summed E-state index contributed by atoms with van der Waals surface area (Å²) in [7, 11) is 2.13. The zero-order chi connectivity index (χ0) is 32.3. The van der Waals surface area contributed by atoms with Gasteiger partial charge in [-0.25, -0.2) is 4.79 Å². The minimum absolute atomic E-state index is 0.183. The molecule has 10 nitrogen and oxygen atoms in total. The molecule has 242 valence electrons. The number of hydrogen-bond donors (Lipinski definition) is 0. The summed E-state index contributed by atoms with van der Waals surface area (Å²) < 4.78 is 12.0. The summed E-state index contributed by atoms with van der Waals surface area (Å²) in [5.41, 5.74) is 3.90. The van der Waals surface area contributed by atoms with E-state index in [-0.39, 0.29) is 19.1 Å². The van der Waals surface area contributed by atoms with Crippen molar-refractivity contribution in [1.29, 1.82) is 5.26 Å². The van der Waals surface area contributed by atoms with E-state index in [1.165, 1.54) is 0 Å². The number of amides is 1. The maximum Gasteiger partial charge on any atom is 0.410 e. The Morgan fingerprint density at radius 3 is 2.60 bits per heavy atom. The van der Waals surface area contributed by atoms with Crippen LogP contribution < -0.4 is 14.5 Å². The van der Waals surface area contributed by atoms with Gasteiger partial charge < -0.3 is 29.1 Å². The molecule has 0 bridgehead atoms. The molecule has 0 saturated carbocycles. The summed E-state index contributed by atoms with van der Waals surface area (Å²) in [6.45, 7) is 4.35. The number of benzene rings is 3. The van der Waals surface area contributed by atoms with E-state index in [0.29, 0.717) is 56.4 Å². The maximum absolute atomic E-state index is 13.2. The van der Waals surface area contributed by atoms with Crippen LogP contribution >= 0.6 is 11.6 Å². The van der Waals surface area contributed by atoms with E-state index >= 15 is 0 Å². The standard InChI is InChI=1S/C36H38ClN7O3/c1-41-17-7-12-28(41)24-46-35-39-31-22-43(32-14-6-11-26-10-5-13-30(37)33(26)32)21-29(31)34(40-35)42-18-19-44(27(20-42)15-16-38)36(45)47-23-25-8-3-2-4-9-25/h2-6,8-11,13-14,27-28H,7,12,15,17-24H2,1H3.